The molecule has 0 radical (unpaired) electrons. The number of nitrogens with zero attached hydrogens (tertiary/aromatic N) is 2. The van der Waals surface area contributed by atoms with E-state index < -0.39 is 0 Å². The SMILES string of the molecule is O=C(Cc1cccc(Br)c1)Nc1ccnn1Cc1ccccc1Br. The van der Waals surface area contributed by atoms with E-state index in [4.69, 9.17) is 0 Å². The van der Waals surface area contributed by atoms with Gasteiger partial charge in [0.15, 0.2) is 0 Å². The van der Waals surface area contributed by atoms with Crippen LogP contribution in [0.15, 0.2) is 69.7 Å². The summed E-state index contributed by atoms with van der Waals surface area (Å²) in [6.45, 7) is 0.584. The van der Waals surface area contributed by atoms with Gasteiger partial charge >= 0.3 is 0 Å². The van der Waals surface area contributed by atoms with Crippen LogP contribution in [-0.4, -0.2) is 15.7 Å². The lowest BCUT2D eigenvalue weighted by Gasteiger charge is -2.10. The van der Waals surface area contributed by atoms with Crippen LogP contribution in [0.3, 0.4) is 0 Å². The minimum Gasteiger partial charge on any atom is -0.311 e. The highest BCUT2D eigenvalue weighted by Gasteiger charge is 2.10. The van der Waals surface area contributed by atoms with Gasteiger partial charge in [0.25, 0.3) is 0 Å². The lowest BCUT2D eigenvalue weighted by Crippen LogP contribution is -2.18. The first-order valence-corrected chi connectivity index (χ1v) is 9.00. The van der Waals surface area contributed by atoms with E-state index in [-0.39, 0.29) is 5.91 Å². The first-order valence-electron chi connectivity index (χ1n) is 7.41. The van der Waals surface area contributed by atoms with Crippen LogP contribution in [0.1, 0.15) is 11.1 Å². The highest BCUT2D eigenvalue weighted by molar-refractivity contribution is 9.10. The molecular formula is C18H15Br2N3O. The Morgan fingerprint density at radius 2 is 1.92 bits per heavy atom. The Morgan fingerprint density at radius 1 is 1.08 bits per heavy atom. The number of carbonyl (C=O) groups is 1. The second-order valence-corrected chi connectivity index (χ2v) is 7.09. The average molecular weight is 449 g/mol. The van der Waals surface area contributed by atoms with Crippen LogP contribution in [0.2, 0.25) is 0 Å². The maximum Gasteiger partial charge on any atom is 0.229 e. The number of benzene rings is 2. The molecule has 0 fully saturated rings. The molecule has 0 saturated heterocycles. The normalized spacial score (nSPS) is 10.6. The van der Waals surface area contributed by atoms with E-state index in [1.807, 2.05) is 48.5 Å². The Morgan fingerprint density at radius 3 is 2.71 bits per heavy atom. The fraction of sp³-hybridized carbons (Fsp3) is 0.111. The molecule has 0 aliphatic carbocycles. The molecule has 2 aromatic carbocycles. The Balaban J connectivity index is 1.69. The molecule has 24 heavy (non-hydrogen) atoms. The number of hydrogen-bond acceptors (Lipinski definition) is 2. The van der Waals surface area contributed by atoms with Crippen LogP contribution >= 0.6 is 31.9 Å². The summed E-state index contributed by atoms with van der Waals surface area (Å²) in [7, 11) is 0. The summed E-state index contributed by atoms with van der Waals surface area (Å²) in [6.07, 6.45) is 2.01. The Bertz CT molecular complexity index is 861. The minimum atomic E-state index is -0.0676. The van der Waals surface area contributed by atoms with E-state index in [1.54, 1.807) is 16.9 Å². The molecule has 6 heteroatoms. The zero-order valence-electron chi connectivity index (χ0n) is 12.7. The van der Waals surface area contributed by atoms with Crippen molar-refractivity contribution in [3.05, 3.63) is 80.9 Å². The van der Waals surface area contributed by atoms with Crippen molar-refractivity contribution in [3.63, 3.8) is 0 Å². The van der Waals surface area contributed by atoms with Gasteiger partial charge in [0.2, 0.25) is 5.91 Å². The molecule has 3 rings (SSSR count). The molecule has 0 saturated carbocycles. The zero-order valence-corrected chi connectivity index (χ0v) is 15.9. The second kappa shape index (κ2) is 7.77. The van der Waals surface area contributed by atoms with Gasteiger partial charge in [-0.3, -0.25) is 4.79 Å². The smallest absolute Gasteiger partial charge is 0.229 e. The summed E-state index contributed by atoms with van der Waals surface area (Å²) in [5.74, 6) is 0.618. The van der Waals surface area contributed by atoms with E-state index in [9.17, 15) is 4.79 Å². The van der Waals surface area contributed by atoms with E-state index in [1.165, 1.54) is 0 Å². The zero-order chi connectivity index (χ0) is 16.9. The van der Waals surface area contributed by atoms with Crippen molar-refractivity contribution in [2.24, 2.45) is 0 Å². The van der Waals surface area contributed by atoms with Crippen molar-refractivity contribution in [1.29, 1.82) is 0 Å². The summed E-state index contributed by atoms with van der Waals surface area (Å²) in [5.41, 5.74) is 2.06. The molecule has 0 aliphatic rings. The molecule has 0 bridgehead atoms. The summed E-state index contributed by atoms with van der Waals surface area (Å²) in [4.78, 5) is 12.3. The number of anilines is 1. The minimum absolute atomic E-state index is 0.0676. The number of carbonyl (C=O) groups excluding carboxylic acids is 1. The fourth-order valence-electron chi connectivity index (χ4n) is 2.37. The monoisotopic (exact) mass is 447 g/mol. The number of aromatic nitrogens is 2. The molecule has 0 aliphatic heterocycles. The van der Waals surface area contributed by atoms with Gasteiger partial charge in [-0.25, -0.2) is 4.68 Å². The largest absolute Gasteiger partial charge is 0.311 e. The topological polar surface area (TPSA) is 46.9 Å². The van der Waals surface area contributed by atoms with E-state index in [2.05, 4.69) is 42.3 Å². The number of amides is 1. The summed E-state index contributed by atoms with van der Waals surface area (Å²) in [5, 5.41) is 7.23. The van der Waals surface area contributed by atoms with E-state index in [0.29, 0.717) is 18.8 Å². The first kappa shape index (κ1) is 16.9. The Kier molecular flexibility index (Phi) is 5.48. The summed E-state index contributed by atoms with van der Waals surface area (Å²) in [6, 6.07) is 17.5. The molecule has 1 N–H and O–H groups in total. The van der Waals surface area contributed by atoms with E-state index >= 15 is 0 Å². The molecule has 122 valence electrons. The lowest BCUT2D eigenvalue weighted by molar-refractivity contribution is -0.115. The molecular weight excluding hydrogens is 434 g/mol. The molecule has 1 heterocycles. The van der Waals surface area contributed by atoms with Crippen molar-refractivity contribution >= 4 is 43.6 Å². The van der Waals surface area contributed by atoms with Crippen molar-refractivity contribution in [3.8, 4) is 0 Å². The van der Waals surface area contributed by atoms with Gasteiger partial charge in [0, 0.05) is 15.0 Å². The summed E-state index contributed by atoms with van der Waals surface area (Å²) < 4.78 is 3.76. The Hall–Kier alpha value is -1.92. The van der Waals surface area contributed by atoms with Crippen LogP contribution in [-0.2, 0) is 17.8 Å². The predicted molar refractivity (Wildman–Crippen MR) is 102 cm³/mol. The Labute approximate surface area is 157 Å². The van der Waals surface area contributed by atoms with Crippen LogP contribution < -0.4 is 5.32 Å². The maximum absolute atomic E-state index is 12.3. The maximum atomic E-state index is 12.3. The summed E-state index contributed by atoms with van der Waals surface area (Å²) >= 11 is 6.95. The van der Waals surface area contributed by atoms with Crippen molar-refractivity contribution in [2.45, 2.75) is 13.0 Å². The van der Waals surface area contributed by atoms with Gasteiger partial charge in [0.1, 0.15) is 5.82 Å². The van der Waals surface area contributed by atoms with Crippen molar-refractivity contribution in [2.75, 3.05) is 5.32 Å². The van der Waals surface area contributed by atoms with Crippen LogP contribution in [0.5, 0.6) is 0 Å². The number of rotatable bonds is 5. The molecule has 0 unspecified atom stereocenters. The standard InChI is InChI=1S/C18H15Br2N3O/c19-15-6-3-4-13(10-15)11-18(24)22-17-8-9-21-23(17)12-14-5-1-2-7-16(14)20/h1-10H,11-12H2,(H,22,24). The molecule has 1 amide bonds. The number of hydrogen-bond donors (Lipinski definition) is 1. The van der Waals surface area contributed by atoms with Gasteiger partial charge in [0.05, 0.1) is 19.2 Å². The molecule has 3 aromatic rings. The lowest BCUT2D eigenvalue weighted by atomic mass is 10.1. The molecule has 0 spiro atoms. The van der Waals surface area contributed by atoms with Crippen molar-refractivity contribution in [1.82, 2.24) is 9.78 Å². The van der Waals surface area contributed by atoms with Gasteiger partial charge in [-0.2, -0.15) is 5.10 Å². The van der Waals surface area contributed by atoms with Gasteiger partial charge in [-0.05, 0) is 29.3 Å². The third-order valence-corrected chi connectivity index (χ3v) is 4.78. The third-order valence-electron chi connectivity index (χ3n) is 3.52. The third kappa shape index (κ3) is 4.33. The number of nitrogens with one attached hydrogen (secondary N) is 1. The molecule has 4 nitrogen and oxygen atoms in total. The average Bonchev–Trinajstić information content (AvgIpc) is 2.96. The molecule has 1 aromatic heterocycles. The van der Waals surface area contributed by atoms with Crippen LogP contribution in [0, 0.1) is 0 Å². The van der Waals surface area contributed by atoms with E-state index in [0.717, 1.165) is 20.1 Å². The van der Waals surface area contributed by atoms with Crippen LogP contribution in [0.4, 0.5) is 5.82 Å². The van der Waals surface area contributed by atoms with Gasteiger partial charge in [-0.15, -0.1) is 0 Å². The fourth-order valence-corrected chi connectivity index (χ4v) is 3.23. The van der Waals surface area contributed by atoms with Gasteiger partial charge < -0.3 is 5.32 Å². The number of halogens is 2. The molecule has 0 atom stereocenters. The highest BCUT2D eigenvalue weighted by Crippen LogP contribution is 2.19. The predicted octanol–water partition coefficient (Wildman–Crippen LogP) is 4.64. The van der Waals surface area contributed by atoms with Crippen LogP contribution in [0.25, 0.3) is 0 Å². The van der Waals surface area contributed by atoms with Gasteiger partial charge in [-0.1, -0.05) is 62.2 Å². The van der Waals surface area contributed by atoms with Crippen molar-refractivity contribution < 1.29 is 4.79 Å². The highest BCUT2D eigenvalue weighted by atomic mass is 79.9. The quantitative estimate of drug-likeness (QED) is 0.618. The second-order valence-electron chi connectivity index (χ2n) is 5.32. The first-order chi connectivity index (χ1) is 11.6.